The van der Waals surface area contributed by atoms with E-state index in [1.807, 2.05) is 18.2 Å². The van der Waals surface area contributed by atoms with Gasteiger partial charge in [0.1, 0.15) is 5.58 Å². The van der Waals surface area contributed by atoms with E-state index in [-0.39, 0.29) is 0 Å². The van der Waals surface area contributed by atoms with E-state index < -0.39 is 0 Å². The van der Waals surface area contributed by atoms with Crippen molar-refractivity contribution in [3.63, 3.8) is 0 Å². The van der Waals surface area contributed by atoms with E-state index in [2.05, 4.69) is 18.2 Å². The molecule has 2 heterocycles. The first-order chi connectivity index (χ1) is 8.92. The van der Waals surface area contributed by atoms with Crippen molar-refractivity contribution in [2.24, 2.45) is 0 Å². The first-order valence-corrected chi connectivity index (χ1v) is 6.70. The zero-order chi connectivity index (χ0) is 11.9. The molecule has 4 rings (SSSR count). The average Bonchev–Trinajstić information content (AvgIpc) is 3.05. The van der Waals surface area contributed by atoms with Crippen LogP contribution in [-0.2, 0) is 0 Å². The van der Waals surface area contributed by atoms with Crippen LogP contribution in [0.4, 0.5) is 0 Å². The molecule has 0 saturated heterocycles. The molecule has 0 atom stereocenters. The third-order valence-corrected chi connectivity index (χ3v) is 4.04. The van der Waals surface area contributed by atoms with Gasteiger partial charge in [0, 0.05) is 22.4 Å². The lowest BCUT2D eigenvalue weighted by Gasteiger charge is -2.06. The number of rotatable bonds is 1. The molecule has 2 nitrogen and oxygen atoms in total. The van der Waals surface area contributed by atoms with Gasteiger partial charge in [-0.3, -0.25) is 0 Å². The van der Waals surface area contributed by atoms with Gasteiger partial charge in [0.25, 0.3) is 0 Å². The van der Waals surface area contributed by atoms with E-state index in [1.54, 1.807) is 0 Å². The summed E-state index contributed by atoms with van der Waals surface area (Å²) in [6, 6.07) is 12.5. The van der Waals surface area contributed by atoms with Gasteiger partial charge in [-0.15, -0.1) is 0 Å². The molecule has 0 radical (unpaired) electrons. The van der Waals surface area contributed by atoms with Crippen LogP contribution in [0.5, 0.6) is 0 Å². The lowest BCUT2D eigenvalue weighted by atomic mass is 10.0. The van der Waals surface area contributed by atoms with Crippen molar-refractivity contribution in [1.29, 1.82) is 0 Å². The van der Waals surface area contributed by atoms with Crippen LogP contribution in [0.1, 0.15) is 37.3 Å². The number of hydrogen-bond donors (Lipinski definition) is 0. The standard InChI is InChI=1S/C16H15NO/c1-2-6-11(5-1)14-10-9-13-12-7-3-4-8-15(12)18-16(13)17-14/h3-4,7-11H,1-2,5-6H2. The molecule has 0 amide bonds. The molecule has 0 bridgehead atoms. The summed E-state index contributed by atoms with van der Waals surface area (Å²) in [5.74, 6) is 0.641. The van der Waals surface area contributed by atoms with Crippen LogP contribution in [0.3, 0.4) is 0 Å². The second-order valence-corrected chi connectivity index (χ2v) is 5.17. The van der Waals surface area contributed by atoms with E-state index in [9.17, 15) is 0 Å². The Balaban J connectivity index is 1.92. The maximum Gasteiger partial charge on any atom is 0.227 e. The highest BCUT2D eigenvalue weighted by atomic mass is 16.3. The van der Waals surface area contributed by atoms with Gasteiger partial charge >= 0.3 is 0 Å². The summed E-state index contributed by atoms with van der Waals surface area (Å²) in [4.78, 5) is 4.73. The van der Waals surface area contributed by atoms with Gasteiger partial charge in [0.05, 0.1) is 0 Å². The van der Waals surface area contributed by atoms with Crippen molar-refractivity contribution in [1.82, 2.24) is 4.98 Å². The monoisotopic (exact) mass is 237 g/mol. The van der Waals surface area contributed by atoms with Gasteiger partial charge in [-0.1, -0.05) is 31.0 Å². The number of benzene rings is 1. The van der Waals surface area contributed by atoms with Crippen molar-refractivity contribution in [3.05, 3.63) is 42.1 Å². The Morgan fingerprint density at radius 2 is 1.78 bits per heavy atom. The highest BCUT2D eigenvalue weighted by Gasteiger charge is 2.19. The van der Waals surface area contributed by atoms with Crippen LogP contribution in [0.2, 0.25) is 0 Å². The Morgan fingerprint density at radius 3 is 2.67 bits per heavy atom. The SMILES string of the molecule is c1ccc2c(c1)oc1nc(C3CCCC3)ccc12. The third-order valence-electron chi connectivity index (χ3n) is 4.04. The maximum absolute atomic E-state index is 5.84. The number of pyridine rings is 1. The third kappa shape index (κ3) is 1.45. The molecule has 1 saturated carbocycles. The summed E-state index contributed by atoms with van der Waals surface area (Å²) in [6.07, 6.45) is 5.23. The molecule has 0 unspecified atom stereocenters. The molecule has 0 aliphatic heterocycles. The molecule has 0 spiro atoms. The molecule has 0 N–H and O–H groups in total. The van der Waals surface area contributed by atoms with Gasteiger partial charge in [0.2, 0.25) is 5.71 Å². The zero-order valence-electron chi connectivity index (χ0n) is 10.2. The van der Waals surface area contributed by atoms with E-state index >= 15 is 0 Å². The molecule has 18 heavy (non-hydrogen) atoms. The molecular weight excluding hydrogens is 222 g/mol. The maximum atomic E-state index is 5.84. The number of furan rings is 1. The Morgan fingerprint density at radius 1 is 0.944 bits per heavy atom. The minimum atomic E-state index is 0.641. The van der Waals surface area contributed by atoms with E-state index in [1.165, 1.54) is 31.4 Å². The Hall–Kier alpha value is -1.83. The van der Waals surface area contributed by atoms with Gasteiger partial charge in [-0.05, 0) is 31.0 Å². The zero-order valence-corrected chi connectivity index (χ0v) is 10.2. The van der Waals surface area contributed by atoms with E-state index in [0.29, 0.717) is 5.92 Å². The summed E-state index contributed by atoms with van der Waals surface area (Å²) >= 11 is 0. The predicted octanol–water partition coefficient (Wildman–Crippen LogP) is 4.64. The second-order valence-electron chi connectivity index (χ2n) is 5.17. The topological polar surface area (TPSA) is 26.0 Å². The summed E-state index contributed by atoms with van der Waals surface area (Å²) in [5, 5.41) is 2.30. The van der Waals surface area contributed by atoms with Crippen LogP contribution in [0, 0.1) is 0 Å². The molecule has 1 aliphatic rings. The first kappa shape index (κ1) is 10.1. The minimum Gasteiger partial charge on any atom is -0.438 e. The normalized spacial score (nSPS) is 16.9. The molecule has 1 aliphatic carbocycles. The predicted molar refractivity (Wildman–Crippen MR) is 72.7 cm³/mol. The van der Waals surface area contributed by atoms with E-state index in [4.69, 9.17) is 9.40 Å². The fourth-order valence-electron chi connectivity index (χ4n) is 3.07. The second kappa shape index (κ2) is 3.84. The van der Waals surface area contributed by atoms with Crippen LogP contribution < -0.4 is 0 Å². The lowest BCUT2D eigenvalue weighted by Crippen LogP contribution is -1.95. The molecule has 2 aromatic heterocycles. The van der Waals surface area contributed by atoms with Gasteiger partial charge < -0.3 is 4.42 Å². The van der Waals surface area contributed by atoms with Crippen molar-refractivity contribution in [2.75, 3.05) is 0 Å². The highest BCUT2D eigenvalue weighted by molar-refractivity contribution is 6.03. The van der Waals surface area contributed by atoms with Gasteiger partial charge in [0.15, 0.2) is 0 Å². The number of aromatic nitrogens is 1. The van der Waals surface area contributed by atoms with Crippen LogP contribution >= 0.6 is 0 Å². The minimum absolute atomic E-state index is 0.641. The van der Waals surface area contributed by atoms with Crippen LogP contribution in [0.25, 0.3) is 22.1 Å². The Bertz CT molecular complexity index is 707. The molecule has 1 aromatic carbocycles. The number of nitrogens with zero attached hydrogens (tertiary/aromatic N) is 1. The van der Waals surface area contributed by atoms with Gasteiger partial charge in [-0.2, -0.15) is 0 Å². The smallest absolute Gasteiger partial charge is 0.227 e. The van der Waals surface area contributed by atoms with E-state index in [0.717, 1.165) is 22.1 Å². The quantitative estimate of drug-likeness (QED) is 0.616. The summed E-state index contributed by atoms with van der Waals surface area (Å²) in [6.45, 7) is 0. The molecule has 90 valence electrons. The first-order valence-electron chi connectivity index (χ1n) is 6.70. The number of hydrogen-bond acceptors (Lipinski definition) is 2. The van der Waals surface area contributed by atoms with Gasteiger partial charge in [-0.25, -0.2) is 4.98 Å². The highest BCUT2D eigenvalue weighted by Crippen LogP contribution is 2.35. The average molecular weight is 237 g/mol. The molecule has 3 aromatic rings. The molecule has 2 heteroatoms. The number of fused-ring (bicyclic) bond motifs is 3. The van der Waals surface area contributed by atoms with Crippen molar-refractivity contribution in [3.8, 4) is 0 Å². The van der Waals surface area contributed by atoms with Crippen LogP contribution in [0.15, 0.2) is 40.8 Å². The summed E-state index contributed by atoms with van der Waals surface area (Å²) < 4.78 is 5.84. The fourth-order valence-corrected chi connectivity index (χ4v) is 3.07. The Kier molecular flexibility index (Phi) is 2.16. The Labute approximate surface area is 106 Å². The van der Waals surface area contributed by atoms with Crippen LogP contribution in [-0.4, -0.2) is 4.98 Å². The number of para-hydroxylation sites is 1. The summed E-state index contributed by atoms with van der Waals surface area (Å²) in [7, 11) is 0. The lowest BCUT2D eigenvalue weighted by molar-refractivity contribution is 0.638. The van der Waals surface area contributed by atoms with Crippen molar-refractivity contribution >= 4 is 22.1 Å². The fraction of sp³-hybridized carbons (Fsp3) is 0.312. The largest absolute Gasteiger partial charge is 0.438 e. The van der Waals surface area contributed by atoms with Crippen molar-refractivity contribution < 1.29 is 4.42 Å². The molecular formula is C16H15NO. The summed E-state index contributed by atoms with van der Waals surface area (Å²) in [5.41, 5.74) is 2.93. The molecule has 1 fully saturated rings. The van der Waals surface area contributed by atoms with Crippen molar-refractivity contribution in [2.45, 2.75) is 31.6 Å².